The minimum Gasteiger partial charge on any atom is -0.486 e. The molecular formula is C18H26N2O3. The van der Waals surface area contributed by atoms with Crippen molar-refractivity contribution in [2.24, 2.45) is 0 Å². The Morgan fingerprint density at radius 1 is 1.30 bits per heavy atom. The summed E-state index contributed by atoms with van der Waals surface area (Å²) < 4.78 is 6.12. The number of aliphatic hydroxyl groups excluding tert-OH is 1. The highest BCUT2D eigenvalue weighted by molar-refractivity contribution is 5.78. The van der Waals surface area contributed by atoms with Gasteiger partial charge in [0.2, 0.25) is 5.91 Å². The SMILES string of the molecule is CC1(C)CN(CC(O)CN2CCCC2=O)Cc2ccccc2O1. The normalized spacial score (nSPS) is 22.4. The summed E-state index contributed by atoms with van der Waals surface area (Å²) in [6, 6.07) is 8.07. The Labute approximate surface area is 137 Å². The van der Waals surface area contributed by atoms with Gasteiger partial charge in [0, 0.05) is 44.7 Å². The third-order valence-electron chi connectivity index (χ3n) is 4.43. The molecule has 5 nitrogen and oxygen atoms in total. The van der Waals surface area contributed by atoms with E-state index in [0.29, 0.717) is 19.5 Å². The third kappa shape index (κ3) is 4.03. The molecule has 2 aliphatic heterocycles. The Balaban J connectivity index is 1.66. The summed E-state index contributed by atoms with van der Waals surface area (Å²) in [5.41, 5.74) is 0.831. The Hall–Kier alpha value is -1.59. The Kier molecular flexibility index (Phi) is 4.60. The third-order valence-corrected chi connectivity index (χ3v) is 4.43. The Bertz CT molecular complexity index is 573. The van der Waals surface area contributed by atoms with Gasteiger partial charge in [0.25, 0.3) is 0 Å². The number of carbonyl (C=O) groups is 1. The van der Waals surface area contributed by atoms with Crippen LogP contribution in [0.4, 0.5) is 0 Å². The first-order chi connectivity index (χ1) is 10.9. The molecule has 1 amide bonds. The van der Waals surface area contributed by atoms with Crippen LogP contribution in [0, 0.1) is 0 Å². The maximum atomic E-state index is 11.7. The largest absolute Gasteiger partial charge is 0.486 e. The maximum absolute atomic E-state index is 11.7. The summed E-state index contributed by atoms with van der Waals surface area (Å²) in [6.07, 6.45) is 0.992. The van der Waals surface area contributed by atoms with Crippen LogP contribution in [0.1, 0.15) is 32.3 Å². The first-order valence-corrected chi connectivity index (χ1v) is 8.38. The second-order valence-electron chi connectivity index (χ2n) is 7.24. The molecule has 2 aliphatic rings. The fraction of sp³-hybridized carbons (Fsp3) is 0.611. The van der Waals surface area contributed by atoms with E-state index < -0.39 is 6.10 Å². The summed E-state index contributed by atoms with van der Waals surface area (Å²) in [5, 5.41) is 10.4. The zero-order chi connectivity index (χ0) is 16.4. The molecule has 1 N–H and O–H groups in total. The second-order valence-corrected chi connectivity index (χ2v) is 7.24. The van der Waals surface area contributed by atoms with Crippen LogP contribution in [-0.4, -0.2) is 58.7 Å². The van der Waals surface area contributed by atoms with E-state index in [0.717, 1.165) is 37.4 Å². The summed E-state index contributed by atoms with van der Waals surface area (Å²) in [6.45, 7) is 7.38. The van der Waals surface area contributed by atoms with E-state index in [2.05, 4.69) is 24.8 Å². The maximum Gasteiger partial charge on any atom is 0.222 e. The van der Waals surface area contributed by atoms with Crippen molar-refractivity contribution < 1.29 is 14.6 Å². The number of hydrogen-bond donors (Lipinski definition) is 1. The lowest BCUT2D eigenvalue weighted by Gasteiger charge is -2.31. The van der Waals surface area contributed by atoms with Gasteiger partial charge in [-0.05, 0) is 26.3 Å². The van der Waals surface area contributed by atoms with Crippen molar-refractivity contribution in [1.82, 2.24) is 9.80 Å². The van der Waals surface area contributed by atoms with Crippen molar-refractivity contribution in [3.63, 3.8) is 0 Å². The monoisotopic (exact) mass is 318 g/mol. The lowest BCUT2D eigenvalue weighted by molar-refractivity contribution is -0.129. The number of para-hydroxylation sites is 1. The van der Waals surface area contributed by atoms with E-state index in [1.165, 1.54) is 0 Å². The average molecular weight is 318 g/mol. The molecule has 1 aromatic rings. The van der Waals surface area contributed by atoms with E-state index >= 15 is 0 Å². The molecule has 0 spiro atoms. The number of aliphatic hydroxyl groups is 1. The van der Waals surface area contributed by atoms with Gasteiger partial charge in [-0.2, -0.15) is 0 Å². The smallest absolute Gasteiger partial charge is 0.222 e. The number of rotatable bonds is 4. The standard InChI is InChI=1S/C18H26N2O3/c1-18(2)13-19(10-14-6-3-4-7-16(14)23-18)11-15(21)12-20-9-5-8-17(20)22/h3-4,6-7,15,21H,5,8-13H2,1-2H3. The molecule has 0 aromatic heterocycles. The Morgan fingerprint density at radius 2 is 2.09 bits per heavy atom. The van der Waals surface area contributed by atoms with Crippen molar-refractivity contribution in [3.8, 4) is 5.75 Å². The van der Waals surface area contributed by atoms with Gasteiger partial charge in [-0.25, -0.2) is 0 Å². The molecule has 1 saturated heterocycles. The van der Waals surface area contributed by atoms with Gasteiger partial charge in [0.05, 0.1) is 6.10 Å². The molecule has 1 atom stereocenters. The number of carbonyl (C=O) groups excluding carboxylic acids is 1. The highest BCUT2D eigenvalue weighted by Crippen LogP contribution is 2.29. The van der Waals surface area contributed by atoms with Crippen molar-refractivity contribution in [2.45, 2.75) is 44.9 Å². The number of likely N-dealkylation sites (tertiary alicyclic amines) is 1. The summed E-state index contributed by atoms with van der Waals surface area (Å²) in [7, 11) is 0. The van der Waals surface area contributed by atoms with Crippen molar-refractivity contribution >= 4 is 5.91 Å². The number of β-amino-alcohol motifs (C(OH)–C–C–N with tert-alkyl or cyclic N) is 1. The first-order valence-electron chi connectivity index (χ1n) is 8.38. The zero-order valence-electron chi connectivity index (χ0n) is 14.0. The molecule has 5 heteroatoms. The number of ether oxygens (including phenoxy) is 1. The van der Waals surface area contributed by atoms with Crippen molar-refractivity contribution in [2.75, 3.05) is 26.2 Å². The van der Waals surface area contributed by atoms with Gasteiger partial charge in [-0.15, -0.1) is 0 Å². The zero-order valence-corrected chi connectivity index (χ0v) is 14.0. The molecule has 3 rings (SSSR count). The molecule has 126 valence electrons. The van der Waals surface area contributed by atoms with E-state index in [1.54, 1.807) is 4.90 Å². The van der Waals surface area contributed by atoms with Gasteiger partial charge in [-0.3, -0.25) is 9.69 Å². The van der Waals surface area contributed by atoms with E-state index in [9.17, 15) is 9.90 Å². The molecule has 0 aliphatic carbocycles. The van der Waals surface area contributed by atoms with Crippen LogP contribution >= 0.6 is 0 Å². The summed E-state index contributed by atoms with van der Waals surface area (Å²) >= 11 is 0. The van der Waals surface area contributed by atoms with Gasteiger partial charge in [-0.1, -0.05) is 18.2 Å². The van der Waals surface area contributed by atoms with Gasteiger partial charge < -0.3 is 14.7 Å². The molecule has 0 bridgehead atoms. The van der Waals surface area contributed by atoms with Crippen LogP contribution in [0.15, 0.2) is 24.3 Å². The van der Waals surface area contributed by atoms with Crippen molar-refractivity contribution in [1.29, 1.82) is 0 Å². The fourth-order valence-corrected chi connectivity index (χ4v) is 3.54. The van der Waals surface area contributed by atoms with Gasteiger partial charge in [0.15, 0.2) is 0 Å². The average Bonchev–Trinajstić information content (AvgIpc) is 2.79. The van der Waals surface area contributed by atoms with Crippen LogP contribution in [0.3, 0.4) is 0 Å². The predicted molar refractivity (Wildman–Crippen MR) is 88.2 cm³/mol. The molecule has 1 unspecified atom stereocenters. The summed E-state index contributed by atoms with van der Waals surface area (Å²) in [4.78, 5) is 15.7. The minimum atomic E-state index is -0.530. The second kappa shape index (κ2) is 6.49. The van der Waals surface area contributed by atoms with E-state index in [1.807, 2.05) is 18.2 Å². The molecule has 0 saturated carbocycles. The van der Waals surface area contributed by atoms with Crippen LogP contribution < -0.4 is 4.74 Å². The minimum absolute atomic E-state index is 0.161. The molecule has 23 heavy (non-hydrogen) atoms. The molecule has 1 aromatic carbocycles. The van der Waals surface area contributed by atoms with Crippen LogP contribution in [0.25, 0.3) is 0 Å². The number of amides is 1. The van der Waals surface area contributed by atoms with E-state index in [-0.39, 0.29) is 11.5 Å². The van der Waals surface area contributed by atoms with Gasteiger partial charge in [0.1, 0.15) is 11.4 Å². The molecule has 0 radical (unpaired) electrons. The van der Waals surface area contributed by atoms with Gasteiger partial charge >= 0.3 is 0 Å². The van der Waals surface area contributed by atoms with Crippen LogP contribution in [0.2, 0.25) is 0 Å². The molecule has 2 heterocycles. The first kappa shape index (κ1) is 16.3. The number of benzene rings is 1. The van der Waals surface area contributed by atoms with E-state index in [4.69, 9.17) is 4.74 Å². The quantitative estimate of drug-likeness (QED) is 0.917. The number of nitrogens with zero attached hydrogens (tertiary/aromatic N) is 2. The molecular weight excluding hydrogens is 292 g/mol. The van der Waals surface area contributed by atoms with Crippen LogP contribution in [0.5, 0.6) is 5.75 Å². The fourth-order valence-electron chi connectivity index (χ4n) is 3.54. The lowest BCUT2D eigenvalue weighted by atomic mass is 10.1. The topological polar surface area (TPSA) is 53.0 Å². The Morgan fingerprint density at radius 3 is 2.83 bits per heavy atom. The number of fused-ring (bicyclic) bond motifs is 1. The van der Waals surface area contributed by atoms with Crippen LogP contribution in [-0.2, 0) is 11.3 Å². The lowest BCUT2D eigenvalue weighted by Crippen LogP contribution is -2.45. The number of hydrogen-bond acceptors (Lipinski definition) is 4. The highest BCUT2D eigenvalue weighted by atomic mass is 16.5. The molecule has 1 fully saturated rings. The summed E-state index contributed by atoms with van der Waals surface area (Å²) in [5.74, 6) is 1.08. The highest BCUT2D eigenvalue weighted by Gasteiger charge is 2.30. The van der Waals surface area contributed by atoms with Crippen molar-refractivity contribution in [3.05, 3.63) is 29.8 Å². The predicted octanol–water partition coefficient (Wildman–Crippen LogP) is 1.64.